The van der Waals surface area contributed by atoms with E-state index < -0.39 is 4.92 Å². The normalized spacial score (nSPS) is 20.7. The number of nitro benzene ring substituents is 1. The van der Waals surface area contributed by atoms with Crippen LogP contribution in [0.15, 0.2) is 18.2 Å². The van der Waals surface area contributed by atoms with Crippen molar-refractivity contribution < 1.29 is 9.72 Å². The van der Waals surface area contributed by atoms with E-state index in [-0.39, 0.29) is 11.6 Å². The number of nitro groups is 1. The van der Waals surface area contributed by atoms with Crippen LogP contribution in [0.4, 0.5) is 11.4 Å². The van der Waals surface area contributed by atoms with Crippen LogP contribution in [0.5, 0.6) is 0 Å². The molecule has 6 nitrogen and oxygen atoms in total. The maximum Gasteiger partial charge on any atom is 0.270 e. The van der Waals surface area contributed by atoms with E-state index >= 15 is 0 Å². The average molecular weight is 263 g/mol. The zero-order chi connectivity index (χ0) is 14.0. The van der Waals surface area contributed by atoms with Crippen molar-refractivity contribution in [2.24, 2.45) is 11.8 Å². The molecule has 2 atom stereocenters. The highest BCUT2D eigenvalue weighted by molar-refractivity contribution is 6.00. The summed E-state index contributed by atoms with van der Waals surface area (Å²) >= 11 is 0. The summed E-state index contributed by atoms with van der Waals surface area (Å²) in [5, 5.41) is 16.4. The summed E-state index contributed by atoms with van der Waals surface area (Å²) in [7, 11) is 1.68. The van der Waals surface area contributed by atoms with Gasteiger partial charge in [-0.15, -0.1) is 0 Å². The molecule has 0 bridgehead atoms. The molecule has 0 aromatic heterocycles. The third-order valence-electron chi connectivity index (χ3n) is 3.53. The molecule has 1 aromatic carbocycles. The van der Waals surface area contributed by atoms with Gasteiger partial charge in [0.15, 0.2) is 0 Å². The number of carbonyl (C=O) groups excluding carboxylic acids is 1. The molecule has 1 aliphatic rings. The van der Waals surface area contributed by atoms with Gasteiger partial charge in [0, 0.05) is 31.4 Å². The van der Waals surface area contributed by atoms with E-state index in [2.05, 4.69) is 17.6 Å². The monoisotopic (exact) mass is 263 g/mol. The molecule has 1 saturated carbocycles. The molecule has 19 heavy (non-hydrogen) atoms. The van der Waals surface area contributed by atoms with Gasteiger partial charge in [-0.1, -0.05) is 6.92 Å². The first-order chi connectivity index (χ1) is 9.02. The minimum absolute atomic E-state index is 0.0797. The van der Waals surface area contributed by atoms with Gasteiger partial charge in [0.25, 0.3) is 11.6 Å². The summed E-state index contributed by atoms with van der Waals surface area (Å²) in [5.74, 6) is 0.932. The minimum atomic E-state index is -0.501. The fourth-order valence-corrected chi connectivity index (χ4v) is 2.05. The number of amides is 1. The second-order valence-electron chi connectivity index (χ2n) is 4.92. The Bertz CT molecular complexity index is 516. The number of rotatable bonds is 5. The van der Waals surface area contributed by atoms with E-state index in [0.29, 0.717) is 29.6 Å². The Balaban J connectivity index is 2.13. The van der Waals surface area contributed by atoms with E-state index in [4.69, 9.17) is 0 Å². The van der Waals surface area contributed by atoms with Crippen LogP contribution in [0.1, 0.15) is 23.7 Å². The van der Waals surface area contributed by atoms with Crippen molar-refractivity contribution in [3.8, 4) is 0 Å². The Kier molecular flexibility index (Phi) is 3.69. The van der Waals surface area contributed by atoms with Crippen molar-refractivity contribution in [2.75, 3.05) is 18.9 Å². The van der Waals surface area contributed by atoms with E-state index in [1.165, 1.54) is 12.1 Å². The SMILES string of the molecule is CNc1ccc([N+](=O)[O-])cc1C(=O)NCC1CC1C. The molecule has 2 rings (SSSR count). The first-order valence-corrected chi connectivity index (χ1v) is 6.27. The fraction of sp³-hybridized carbons (Fsp3) is 0.462. The van der Waals surface area contributed by atoms with E-state index in [1.807, 2.05) is 0 Å². The first kappa shape index (κ1) is 13.3. The zero-order valence-electron chi connectivity index (χ0n) is 11.0. The first-order valence-electron chi connectivity index (χ1n) is 6.27. The van der Waals surface area contributed by atoms with E-state index in [1.54, 1.807) is 13.1 Å². The van der Waals surface area contributed by atoms with Crippen molar-refractivity contribution in [1.82, 2.24) is 5.32 Å². The molecule has 1 fully saturated rings. The van der Waals surface area contributed by atoms with Gasteiger partial charge in [-0.3, -0.25) is 14.9 Å². The lowest BCUT2D eigenvalue weighted by atomic mass is 10.1. The molecule has 0 saturated heterocycles. The minimum Gasteiger partial charge on any atom is -0.387 e. The lowest BCUT2D eigenvalue weighted by Gasteiger charge is -2.09. The third kappa shape index (κ3) is 3.01. The van der Waals surface area contributed by atoms with Crippen molar-refractivity contribution in [3.05, 3.63) is 33.9 Å². The van der Waals surface area contributed by atoms with Crippen LogP contribution in [-0.2, 0) is 0 Å². The maximum absolute atomic E-state index is 12.1. The number of carbonyl (C=O) groups is 1. The Morgan fingerprint density at radius 1 is 1.53 bits per heavy atom. The molecule has 0 heterocycles. The van der Waals surface area contributed by atoms with Crippen molar-refractivity contribution in [1.29, 1.82) is 0 Å². The number of anilines is 1. The Morgan fingerprint density at radius 2 is 2.21 bits per heavy atom. The highest BCUT2D eigenvalue weighted by atomic mass is 16.6. The Labute approximate surface area is 111 Å². The van der Waals surface area contributed by atoms with Gasteiger partial charge in [-0.25, -0.2) is 0 Å². The summed E-state index contributed by atoms with van der Waals surface area (Å²) in [5.41, 5.74) is 0.820. The number of hydrogen-bond acceptors (Lipinski definition) is 4. The van der Waals surface area contributed by atoms with Gasteiger partial charge in [0.1, 0.15) is 0 Å². The third-order valence-corrected chi connectivity index (χ3v) is 3.53. The lowest BCUT2D eigenvalue weighted by molar-refractivity contribution is -0.384. The summed E-state index contributed by atoms with van der Waals surface area (Å²) in [4.78, 5) is 22.3. The fourth-order valence-electron chi connectivity index (χ4n) is 2.05. The van der Waals surface area contributed by atoms with Crippen LogP contribution in [-0.4, -0.2) is 24.4 Å². The highest BCUT2D eigenvalue weighted by Gasteiger charge is 2.32. The average Bonchev–Trinajstić information content (AvgIpc) is 3.11. The van der Waals surface area contributed by atoms with E-state index in [9.17, 15) is 14.9 Å². The number of benzene rings is 1. The molecule has 0 aliphatic heterocycles. The van der Waals surface area contributed by atoms with Gasteiger partial charge in [0.2, 0.25) is 0 Å². The van der Waals surface area contributed by atoms with Gasteiger partial charge < -0.3 is 10.6 Å². The van der Waals surface area contributed by atoms with Gasteiger partial charge in [0.05, 0.1) is 10.5 Å². The topological polar surface area (TPSA) is 84.3 Å². The summed E-state index contributed by atoms with van der Waals surface area (Å²) < 4.78 is 0. The quantitative estimate of drug-likeness (QED) is 0.628. The number of nitrogens with zero attached hydrogens (tertiary/aromatic N) is 1. The highest BCUT2D eigenvalue weighted by Crippen LogP contribution is 2.36. The van der Waals surface area contributed by atoms with Crippen molar-refractivity contribution >= 4 is 17.3 Å². The van der Waals surface area contributed by atoms with Gasteiger partial charge in [-0.05, 0) is 24.3 Å². The molecule has 0 radical (unpaired) electrons. The van der Waals surface area contributed by atoms with Crippen LogP contribution in [0.2, 0.25) is 0 Å². The van der Waals surface area contributed by atoms with Crippen LogP contribution < -0.4 is 10.6 Å². The number of non-ortho nitro benzene ring substituents is 1. The van der Waals surface area contributed by atoms with Crippen LogP contribution in [0.3, 0.4) is 0 Å². The Morgan fingerprint density at radius 3 is 2.74 bits per heavy atom. The number of hydrogen-bond donors (Lipinski definition) is 2. The molecule has 1 amide bonds. The van der Waals surface area contributed by atoms with Crippen LogP contribution in [0.25, 0.3) is 0 Å². The second-order valence-corrected chi connectivity index (χ2v) is 4.92. The van der Waals surface area contributed by atoms with E-state index in [0.717, 1.165) is 6.42 Å². The Hall–Kier alpha value is -2.11. The molecule has 2 N–H and O–H groups in total. The second kappa shape index (κ2) is 5.26. The molecule has 0 spiro atoms. The maximum atomic E-state index is 12.1. The molecular weight excluding hydrogens is 246 g/mol. The smallest absolute Gasteiger partial charge is 0.270 e. The van der Waals surface area contributed by atoms with Crippen LogP contribution in [0, 0.1) is 22.0 Å². The molecule has 6 heteroatoms. The molecule has 1 aromatic rings. The van der Waals surface area contributed by atoms with Crippen molar-refractivity contribution in [2.45, 2.75) is 13.3 Å². The number of nitrogens with one attached hydrogen (secondary N) is 2. The lowest BCUT2D eigenvalue weighted by Crippen LogP contribution is -2.26. The molecule has 102 valence electrons. The molecular formula is C13H17N3O3. The van der Waals surface area contributed by atoms with Crippen LogP contribution >= 0.6 is 0 Å². The summed E-state index contributed by atoms with van der Waals surface area (Å²) in [6.45, 7) is 2.77. The van der Waals surface area contributed by atoms with Gasteiger partial charge >= 0.3 is 0 Å². The van der Waals surface area contributed by atoms with Gasteiger partial charge in [-0.2, -0.15) is 0 Å². The predicted octanol–water partition coefficient (Wildman–Crippen LogP) is 2.02. The summed E-state index contributed by atoms with van der Waals surface area (Å²) in [6.07, 6.45) is 1.13. The largest absolute Gasteiger partial charge is 0.387 e. The standard InChI is InChI=1S/C13H17N3O3/c1-8-5-9(8)7-15-13(17)11-6-10(16(18)19)3-4-12(11)14-2/h3-4,6,8-9,14H,5,7H2,1-2H3,(H,15,17). The van der Waals surface area contributed by atoms with Crippen molar-refractivity contribution in [3.63, 3.8) is 0 Å². The molecule has 2 unspecified atom stereocenters. The predicted molar refractivity (Wildman–Crippen MR) is 72.2 cm³/mol. The summed E-state index contributed by atoms with van der Waals surface area (Å²) in [6, 6.07) is 4.23. The zero-order valence-corrected chi connectivity index (χ0v) is 11.0. The molecule has 1 aliphatic carbocycles.